The summed E-state index contributed by atoms with van der Waals surface area (Å²) in [5, 5.41) is 6.49. The first-order chi connectivity index (χ1) is 13.2. The van der Waals surface area contributed by atoms with Crippen molar-refractivity contribution in [2.45, 2.75) is 45.1 Å². The highest BCUT2D eigenvalue weighted by Crippen LogP contribution is 2.28. The minimum absolute atomic E-state index is 0.0362. The predicted molar refractivity (Wildman–Crippen MR) is 105 cm³/mol. The van der Waals surface area contributed by atoms with Crippen molar-refractivity contribution in [2.24, 2.45) is 5.92 Å². The predicted octanol–water partition coefficient (Wildman–Crippen LogP) is 2.25. The number of nitrogens with one attached hydrogen (secondary N) is 2. The van der Waals surface area contributed by atoms with Crippen molar-refractivity contribution in [3.05, 3.63) is 29.8 Å². The molecule has 2 aliphatic rings. The summed E-state index contributed by atoms with van der Waals surface area (Å²) in [6.07, 6.45) is 4.68. The van der Waals surface area contributed by atoms with E-state index in [1.165, 1.54) is 0 Å². The summed E-state index contributed by atoms with van der Waals surface area (Å²) in [6.45, 7) is 5.55. The Hall–Kier alpha value is -2.08. The summed E-state index contributed by atoms with van der Waals surface area (Å²) in [5.41, 5.74) is 0.941. The van der Waals surface area contributed by atoms with Gasteiger partial charge in [0.15, 0.2) is 6.61 Å². The summed E-state index contributed by atoms with van der Waals surface area (Å²) >= 11 is 0. The Morgan fingerprint density at radius 1 is 1.22 bits per heavy atom. The molecule has 0 saturated carbocycles. The Morgan fingerprint density at radius 2 is 1.93 bits per heavy atom. The Labute approximate surface area is 161 Å². The van der Waals surface area contributed by atoms with Gasteiger partial charge in [-0.05, 0) is 51.3 Å². The van der Waals surface area contributed by atoms with E-state index in [2.05, 4.69) is 17.6 Å². The van der Waals surface area contributed by atoms with E-state index < -0.39 is 0 Å². The molecule has 2 fully saturated rings. The number of rotatable bonds is 7. The van der Waals surface area contributed by atoms with E-state index in [9.17, 15) is 9.59 Å². The molecule has 3 rings (SSSR count). The minimum Gasteiger partial charge on any atom is -0.483 e. The second kappa shape index (κ2) is 9.74. The van der Waals surface area contributed by atoms with Gasteiger partial charge in [-0.1, -0.05) is 25.1 Å². The first kappa shape index (κ1) is 19.7. The van der Waals surface area contributed by atoms with Crippen LogP contribution in [0.1, 0.15) is 50.6 Å². The molecule has 1 aromatic rings. The fourth-order valence-electron chi connectivity index (χ4n) is 3.87. The molecule has 0 radical (unpaired) electrons. The zero-order chi connectivity index (χ0) is 19.1. The maximum absolute atomic E-state index is 12.7. The molecular formula is C21H31N3O3. The SMILES string of the molecule is CCC(NC(=O)C1CCNCC1)c1ccccc1OCC(=O)N1CCCC1. The van der Waals surface area contributed by atoms with Gasteiger partial charge < -0.3 is 20.3 Å². The summed E-state index contributed by atoms with van der Waals surface area (Å²) in [6, 6.07) is 7.61. The van der Waals surface area contributed by atoms with Crippen LogP contribution < -0.4 is 15.4 Å². The van der Waals surface area contributed by atoms with Gasteiger partial charge >= 0.3 is 0 Å². The maximum atomic E-state index is 12.7. The van der Waals surface area contributed by atoms with Gasteiger partial charge in [0.1, 0.15) is 5.75 Å². The van der Waals surface area contributed by atoms with Crippen molar-refractivity contribution >= 4 is 11.8 Å². The zero-order valence-corrected chi connectivity index (χ0v) is 16.2. The number of nitrogens with zero attached hydrogens (tertiary/aromatic N) is 1. The van der Waals surface area contributed by atoms with E-state index in [-0.39, 0.29) is 30.4 Å². The number of benzene rings is 1. The molecule has 6 nitrogen and oxygen atoms in total. The number of hydrogen-bond acceptors (Lipinski definition) is 4. The molecule has 0 bridgehead atoms. The first-order valence-electron chi connectivity index (χ1n) is 10.2. The van der Waals surface area contributed by atoms with E-state index in [0.29, 0.717) is 5.75 Å². The Kier molecular flexibility index (Phi) is 7.10. The number of hydrogen-bond donors (Lipinski definition) is 2. The molecule has 2 aliphatic heterocycles. The van der Waals surface area contributed by atoms with E-state index >= 15 is 0 Å². The molecule has 0 spiro atoms. The number of likely N-dealkylation sites (tertiary alicyclic amines) is 1. The topological polar surface area (TPSA) is 70.7 Å². The number of ether oxygens (including phenoxy) is 1. The zero-order valence-electron chi connectivity index (χ0n) is 16.2. The monoisotopic (exact) mass is 373 g/mol. The number of para-hydroxylation sites is 1. The number of carbonyl (C=O) groups is 2. The smallest absolute Gasteiger partial charge is 0.260 e. The number of amides is 2. The van der Waals surface area contributed by atoms with Crippen molar-refractivity contribution in [3.63, 3.8) is 0 Å². The van der Waals surface area contributed by atoms with Crippen molar-refractivity contribution < 1.29 is 14.3 Å². The van der Waals surface area contributed by atoms with Gasteiger partial charge in [0.2, 0.25) is 5.91 Å². The van der Waals surface area contributed by atoms with Crippen LogP contribution in [0.3, 0.4) is 0 Å². The van der Waals surface area contributed by atoms with E-state index in [0.717, 1.165) is 63.8 Å². The van der Waals surface area contributed by atoms with Crippen LogP contribution in [0.15, 0.2) is 24.3 Å². The molecular weight excluding hydrogens is 342 g/mol. The van der Waals surface area contributed by atoms with Crippen molar-refractivity contribution in [3.8, 4) is 5.75 Å². The van der Waals surface area contributed by atoms with Crippen LogP contribution in [-0.2, 0) is 9.59 Å². The molecule has 6 heteroatoms. The average molecular weight is 373 g/mol. The largest absolute Gasteiger partial charge is 0.483 e. The third-order valence-electron chi connectivity index (χ3n) is 5.54. The van der Waals surface area contributed by atoms with Crippen molar-refractivity contribution in [2.75, 3.05) is 32.8 Å². The molecule has 0 aliphatic carbocycles. The van der Waals surface area contributed by atoms with Gasteiger partial charge in [-0.15, -0.1) is 0 Å². The normalized spacial score (nSPS) is 18.9. The molecule has 2 heterocycles. The van der Waals surface area contributed by atoms with Gasteiger partial charge in [-0.2, -0.15) is 0 Å². The van der Waals surface area contributed by atoms with Crippen LogP contribution in [-0.4, -0.2) is 49.5 Å². The van der Waals surface area contributed by atoms with Crippen LogP contribution in [0.2, 0.25) is 0 Å². The first-order valence-corrected chi connectivity index (χ1v) is 10.2. The second-order valence-electron chi connectivity index (χ2n) is 7.41. The molecule has 27 heavy (non-hydrogen) atoms. The second-order valence-corrected chi connectivity index (χ2v) is 7.41. The fraction of sp³-hybridized carbons (Fsp3) is 0.619. The van der Waals surface area contributed by atoms with Gasteiger partial charge in [0, 0.05) is 24.6 Å². The van der Waals surface area contributed by atoms with Gasteiger partial charge in [-0.3, -0.25) is 9.59 Å². The fourth-order valence-corrected chi connectivity index (χ4v) is 3.87. The lowest BCUT2D eigenvalue weighted by molar-refractivity contribution is -0.132. The lowest BCUT2D eigenvalue weighted by atomic mass is 9.95. The molecule has 2 amide bonds. The molecule has 2 saturated heterocycles. The van der Waals surface area contributed by atoms with Crippen LogP contribution in [0, 0.1) is 5.92 Å². The molecule has 2 N–H and O–H groups in total. The number of piperidine rings is 1. The van der Waals surface area contributed by atoms with E-state index in [4.69, 9.17) is 4.74 Å². The van der Waals surface area contributed by atoms with E-state index in [1.807, 2.05) is 29.2 Å². The average Bonchev–Trinajstić information content (AvgIpc) is 3.26. The summed E-state index contributed by atoms with van der Waals surface area (Å²) in [4.78, 5) is 26.8. The molecule has 148 valence electrons. The van der Waals surface area contributed by atoms with Crippen LogP contribution in [0.5, 0.6) is 5.75 Å². The van der Waals surface area contributed by atoms with Crippen molar-refractivity contribution in [1.82, 2.24) is 15.5 Å². The Morgan fingerprint density at radius 3 is 2.63 bits per heavy atom. The molecule has 0 aromatic heterocycles. The van der Waals surface area contributed by atoms with E-state index in [1.54, 1.807) is 0 Å². The van der Waals surface area contributed by atoms with Gasteiger partial charge in [0.25, 0.3) is 5.91 Å². The third-order valence-corrected chi connectivity index (χ3v) is 5.54. The van der Waals surface area contributed by atoms with Crippen LogP contribution in [0.4, 0.5) is 0 Å². The summed E-state index contributed by atoms with van der Waals surface area (Å²) in [5.74, 6) is 0.910. The Balaban J connectivity index is 1.63. The standard InChI is InChI=1S/C21H31N3O3/c1-2-18(23-21(26)16-9-11-22-12-10-16)17-7-3-4-8-19(17)27-15-20(25)24-13-5-6-14-24/h3-4,7-8,16,18,22H,2,5-6,9-15H2,1H3,(H,23,26). The maximum Gasteiger partial charge on any atom is 0.260 e. The minimum atomic E-state index is -0.106. The van der Waals surface area contributed by atoms with Gasteiger partial charge in [0.05, 0.1) is 6.04 Å². The Bertz CT molecular complexity index is 637. The van der Waals surface area contributed by atoms with Crippen molar-refractivity contribution in [1.29, 1.82) is 0 Å². The third kappa shape index (κ3) is 5.22. The lowest BCUT2D eigenvalue weighted by Crippen LogP contribution is -2.39. The highest BCUT2D eigenvalue weighted by molar-refractivity contribution is 5.79. The van der Waals surface area contributed by atoms with Crippen LogP contribution in [0.25, 0.3) is 0 Å². The molecule has 1 aromatic carbocycles. The highest BCUT2D eigenvalue weighted by Gasteiger charge is 2.25. The van der Waals surface area contributed by atoms with Gasteiger partial charge in [-0.25, -0.2) is 0 Å². The molecule has 1 unspecified atom stereocenters. The number of carbonyl (C=O) groups excluding carboxylic acids is 2. The summed E-state index contributed by atoms with van der Waals surface area (Å²) < 4.78 is 5.87. The van der Waals surface area contributed by atoms with Crippen LogP contribution >= 0.6 is 0 Å². The summed E-state index contributed by atoms with van der Waals surface area (Å²) in [7, 11) is 0. The quantitative estimate of drug-likeness (QED) is 0.769. The lowest BCUT2D eigenvalue weighted by Gasteiger charge is -2.26. The highest BCUT2D eigenvalue weighted by atomic mass is 16.5. The molecule has 1 atom stereocenters.